The van der Waals surface area contributed by atoms with Crippen LogP contribution in [-0.4, -0.2) is 27.2 Å². The van der Waals surface area contributed by atoms with E-state index in [-0.39, 0.29) is 23.3 Å². The monoisotopic (exact) mass is 293 g/mol. The van der Waals surface area contributed by atoms with Crippen LogP contribution in [0.4, 0.5) is 5.82 Å². The Bertz CT molecular complexity index is 523. The van der Waals surface area contributed by atoms with Gasteiger partial charge in [0.15, 0.2) is 5.82 Å². The Labute approximate surface area is 124 Å². The molecule has 0 unspecified atom stereocenters. The number of aromatic nitrogens is 2. The van der Waals surface area contributed by atoms with Crippen LogP contribution >= 0.6 is 0 Å². The molecule has 21 heavy (non-hydrogen) atoms. The topological polar surface area (TPSA) is 95.1 Å². The van der Waals surface area contributed by atoms with Crippen LogP contribution in [0, 0.1) is 17.3 Å². The molecule has 1 saturated carbocycles. The van der Waals surface area contributed by atoms with Gasteiger partial charge in [0.25, 0.3) is 0 Å². The highest BCUT2D eigenvalue weighted by molar-refractivity contribution is 5.93. The normalized spacial score (nSPS) is 22.8. The van der Waals surface area contributed by atoms with Gasteiger partial charge in [0.2, 0.25) is 5.91 Å². The number of anilines is 1. The summed E-state index contributed by atoms with van der Waals surface area (Å²) in [6.45, 7) is 6.74. The molecular formula is C15H23N3O3. The van der Waals surface area contributed by atoms with Crippen LogP contribution in [0.25, 0.3) is 0 Å². The number of nitrogens with zero attached hydrogens (tertiary/aromatic N) is 1. The Kier molecular flexibility index (Phi) is 4.34. The van der Waals surface area contributed by atoms with Crippen LogP contribution in [0.2, 0.25) is 0 Å². The van der Waals surface area contributed by atoms with E-state index in [1.165, 1.54) is 6.07 Å². The summed E-state index contributed by atoms with van der Waals surface area (Å²) in [6, 6.07) is 1.33. The molecule has 0 bridgehead atoms. The first-order chi connectivity index (χ1) is 9.77. The van der Waals surface area contributed by atoms with Crippen molar-refractivity contribution in [3.63, 3.8) is 0 Å². The summed E-state index contributed by atoms with van der Waals surface area (Å²) in [4.78, 5) is 22.9. The average Bonchev–Trinajstić information content (AvgIpc) is 2.86. The molecule has 1 aliphatic rings. The first-order valence-corrected chi connectivity index (χ1v) is 7.37. The van der Waals surface area contributed by atoms with Crippen LogP contribution in [0.3, 0.4) is 0 Å². The molecular weight excluding hydrogens is 270 g/mol. The van der Waals surface area contributed by atoms with Crippen molar-refractivity contribution >= 4 is 17.7 Å². The Balaban J connectivity index is 1.88. The van der Waals surface area contributed by atoms with Crippen molar-refractivity contribution in [2.45, 2.75) is 46.5 Å². The third kappa shape index (κ3) is 3.83. The van der Waals surface area contributed by atoms with Gasteiger partial charge in [-0.25, -0.2) is 4.79 Å². The first-order valence-electron chi connectivity index (χ1n) is 7.37. The van der Waals surface area contributed by atoms with Crippen molar-refractivity contribution in [3.8, 4) is 0 Å². The third-order valence-electron chi connectivity index (χ3n) is 4.38. The van der Waals surface area contributed by atoms with E-state index in [0.29, 0.717) is 11.3 Å². The van der Waals surface area contributed by atoms with E-state index < -0.39 is 5.97 Å². The molecule has 1 fully saturated rings. The van der Waals surface area contributed by atoms with Crippen molar-refractivity contribution in [3.05, 3.63) is 11.8 Å². The number of aromatic carboxylic acids is 1. The number of hydrogen-bond donors (Lipinski definition) is 3. The summed E-state index contributed by atoms with van der Waals surface area (Å²) in [5.41, 5.74) is 0.266. The van der Waals surface area contributed by atoms with Crippen LogP contribution in [-0.2, 0) is 4.79 Å². The summed E-state index contributed by atoms with van der Waals surface area (Å²) in [6.07, 6.45) is 3.87. The molecule has 0 spiro atoms. The number of rotatable bonds is 3. The van der Waals surface area contributed by atoms with Gasteiger partial charge in [-0.15, -0.1) is 0 Å². The minimum absolute atomic E-state index is 0.00595. The van der Waals surface area contributed by atoms with E-state index in [1.54, 1.807) is 0 Å². The summed E-state index contributed by atoms with van der Waals surface area (Å²) >= 11 is 0. The molecule has 2 rings (SSSR count). The number of carbonyl (C=O) groups is 2. The number of carbonyl (C=O) groups excluding carboxylic acids is 1. The largest absolute Gasteiger partial charge is 0.477 e. The fraction of sp³-hybridized carbons (Fsp3) is 0.667. The maximum absolute atomic E-state index is 12.2. The second-order valence-electron chi connectivity index (χ2n) is 6.88. The number of nitrogens with one attached hydrogen (secondary N) is 2. The van der Waals surface area contributed by atoms with Crippen LogP contribution in [0.5, 0.6) is 0 Å². The highest BCUT2D eigenvalue weighted by atomic mass is 16.4. The molecule has 3 N–H and O–H groups in total. The standard InChI is InChI=1S/C15H23N3O3/c1-15(2,3)10-6-4-9(5-7-10)13(19)16-12-8-11(14(20)21)17-18-12/h8-10H,4-7H2,1-3H3,(H,20,21)(H2,16,17,18,19). The smallest absolute Gasteiger partial charge is 0.353 e. The molecule has 0 aliphatic heterocycles. The van der Waals surface area contributed by atoms with E-state index in [0.717, 1.165) is 25.7 Å². The zero-order valence-electron chi connectivity index (χ0n) is 12.8. The molecule has 1 aliphatic carbocycles. The zero-order valence-corrected chi connectivity index (χ0v) is 12.8. The number of hydrogen-bond acceptors (Lipinski definition) is 3. The number of aromatic amines is 1. The van der Waals surface area contributed by atoms with Crippen molar-refractivity contribution in [1.82, 2.24) is 10.2 Å². The van der Waals surface area contributed by atoms with Crippen molar-refractivity contribution in [1.29, 1.82) is 0 Å². The molecule has 1 aromatic rings. The average molecular weight is 293 g/mol. The van der Waals surface area contributed by atoms with Crippen molar-refractivity contribution in [2.75, 3.05) is 5.32 Å². The lowest BCUT2D eigenvalue weighted by atomic mass is 9.70. The summed E-state index contributed by atoms with van der Waals surface area (Å²) in [7, 11) is 0. The molecule has 6 heteroatoms. The summed E-state index contributed by atoms with van der Waals surface area (Å²) in [5, 5.41) is 17.7. The number of amides is 1. The lowest BCUT2D eigenvalue weighted by Crippen LogP contribution is -2.31. The minimum Gasteiger partial charge on any atom is -0.477 e. The van der Waals surface area contributed by atoms with Gasteiger partial charge in [-0.05, 0) is 37.0 Å². The third-order valence-corrected chi connectivity index (χ3v) is 4.38. The van der Waals surface area contributed by atoms with Crippen LogP contribution in [0.15, 0.2) is 6.07 Å². The highest BCUT2D eigenvalue weighted by Gasteiger charge is 2.32. The van der Waals surface area contributed by atoms with Gasteiger partial charge in [0.1, 0.15) is 5.69 Å². The molecule has 116 valence electrons. The molecule has 0 aromatic carbocycles. The van der Waals surface area contributed by atoms with Gasteiger partial charge in [0, 0.05) is 12.0 Å². The minimum atomic E-state index is -1.09. The van der Waals surface area contributed by atoms with E-state index in [4.69, 9.17) is 5.11 Å². The van der Waals surface area contributed by atoms with Gasteiger partial charge < -0.3 is 10.4 Å². The van der Waals surface area contributed by atoms with Crippen molar-refractivity contribution < 1.29 is 14.7 Å². The maximum atomic E-state index is 12.2. The number of carboxylic acids is 1. The molecule has 0 radical (unpaired) electrons. The second-order valence-corrected chi connectivity index (χ2v) is 6.88. The van der Waals surface area contributed by atoms with E-state index in [9.17, 15) is 9.59 Å². The quantitative estimate of drug-likeness (QED) is 0.798. The number of carboxylic acid groups (broad SMARTS) is 1. The fourth-order valence-electron chi connectivity index (χ4n) is 2.95. The predicted octanol–water partition coefficient (Wildman–Crippen LogP) is 2.90. The maximum Gasteiger partial charge on any atom is 0.353 e. The molecule has 1 amide bonds. The number of H-pyrrole nitrogens is 1. The Morgan fingerprint density at radius 1 is 1.29 bits per heavy atom. The summed E-state index contributed by atoms with van der Waals surface area (Å²) < 4.78 is 0. The molecule has 0 saturated heterocycles. The lowest BCUT2D eigenvalue weighted by Gasteiger charge is -2.36. The Hall–Kier alpha value is -1.85. The van der Waals surface area contributed by atoms with Crippen molar-refractivity contribution in [2.24, 2.45) is 17.3 Å². The molecule has 1 heterocycles. The van der Waals surface area contributed by atoms with E-state index in [1.807, 2.05) is 0 Å². The Morgan fingerprint density at radius 2 is 1.90 bits per heavy atom. The van der Waals surface area contributed by atoms with Gasteiger partial charge in [0.05, 0.1) is 0 Å². The predicted molar refractivity (Wildman–Crippen MR) is 79.1 cm³/mol. The SMILES string of the molecule is CC(C)(C)C1CCC(C(=O)Nc2cc(C(=O)O)[nH]n2)CC1. The second kappa shape index (κ2) is 5.87. The van der Waals surface area contributed by atoms with Gasteiger partial charge in [-0.1, -0.05) is 20.8 Å². The van der Waals surface area contributed by atoms with Crippen LogP contribution < -0.4 is 5.32 Å². The summed E-state index contributed by atoms with van der Waals surface area (Å²) in [5.74, 6) is -0.228. The fourth-order valence-corrected chi connectivity index (χ4v) is 2.95. The first kappa shape index (κ1) is 15.5. The van der Waals surface area contributed by atoms with E-state index >= 15 is 0 Å². The van der Waals surface area contributed by atoms with Gasteiger partial charge in [-0.2, -0.15) is 5.10 Å². The Morgan fingerprint density at radius 3 is 2.38 bits per heavy atom. The van der Waals surface area contributed by atoms with E-state index in [2.05, 4.69) is 36.3 Å². The molecule has 6 nitrogen and oxygen atoms in total. The lowest BCUT2D eigenvalue weighted by molar-refractivity contribution is -0.121. The molecule has 1 aromatic heterocycles. The van der Waals surface area contributed by atoms with Crippen LogP contribution in [0.1, 0.15) is 56.9 Å². The van der Waals surface area contributed by atoms with Gasteiger partial charge >= 0.3 is 5.97 Å². The van der Waals surface area contributed by atoms with Gasteiger partial charge in [-0.3, -0.25) is 9.89 Å². The molecule has 0 atom stereocenters. The highest BCUT2D eigenvalue weighted by Crippen LogP contribution is 2.39. The zero-order chi connectivity index (χ0) is 15.6.